The number of benzene rings is 3. The first-order valence-electron chi connectivity index (χ1n) is 11.6. The molecule has 0 aliphatic carbocycles. The van der Waals surface area contributed by atoms with Crippen LogP contribution in [0.15, 0.2) is 90.0 Å². The van der Waals surface area contributed by atoms with Gasteiger partial charge in [-0.1, -0.05) is 110 Å². The first kappa shape index (κ1) is 22.6. The second-order valence-corrected chi connectivity index (χ2v) is 10.1. The average molecular weight is 483 g/mol. The lowest BCUT2D eigenvalue weighted by atomic mass is 10.1. The van der Waals surface area contributed by atoms with Gasteiger partial charge in [-0.25, -0.2) is 0 Å². The maximum atomic E-state index is 13.2. The summed E-state index contributed by atoms with van der Waals surface area (Å²) in [5, 5.41) is 1.17. The van der Waals surface area contributed by atoms with Gasteiger partial charge in [-0.05, 0) is 35.6 Å². The quantitative estimate of drug-likeness (QED) is 0.217. The molecular weight excluding hydrogens is 456 g/mol. The summed E-state index contributed by atoms with van der Waals surface area (Å²) in [5.74, 6) is 0.00142. The first-order valence-corrected chi connectivity index (χ1v) is 12.8. The zero-order valence-electron chi connectivity index (χ0n) is 19.1. The smallest absolute Gasteiger partial charge is 0.266 e. The monoisotopic (exact) mass is 482 g/mol. The molecule has 0 bridgehead atoms. The number of nitrogens with zero attached hydrogens (tertiary/aromatic N) is 2. The molecule has 170 valence electrons. The summed E-state index contributed by atoms with van der Waals surface area (Å²) in [6.45, 7) is 3.58. The van der Waals surface area contributed by atoms with Crippen molar-refractivity contribution in [1.82, 2.24) is 9.47 Å². The molecule has 3 nitrogen and oxygen atoms in total. The van der Waals surface area contributed by atoms with Crippen molar-refractivity contribution in [3.8, 4) is 0 Å². The van der Waals surface area contributed by atoms with Crippen LogP contribution in [-0.4, -0.2) is 26.2 Å². The lowest BCUT2D eigenvalue weighted by molar-refractivity contribution is -0.122. The second kappa shape index (κ2) is 10.00. The molecular formula is C29H26N2OS2. The van der Waals surface area contributed by atoms with Crippen LogP contribution in [0.2, 0.25) is 0 Å². The number of carbonyl (C=O) groups excluding carboxylic acids is 1. The number of thiocarbonyl (C=S) groups is 1. The van der Waals surface area contributed by atoms with Crippen molar-refractivity contribution in [2.24, 2.45) is 0 Å². The highest BCUT2D eigenvalue weighted by atomic mass is 32.2. The molecule has 5 rings (SSSR count). The van der Waals surface area contributed by atoms with Crippen LogP contribution in [0.5, 0.6) is 0 Å². The molecule has 0 unspecified atom stereocenters. The molecule has 1 amide bonds. The number of hydrogen-bond donors (Lipinski definition) is 0. The minimum absolute atomic E-state index is 0.00142. The summed E-state index contributed by atoms with van der Waals surface area (Å²) in [5.41, 5.74) is 6.06. The highest BCUT2D eigenvalue weighted by Crippen LogP contribution is 2.35. The molecule has 0 atom stereocenters. The predicted octanol–water partition coefficient (Wildman–Crippen LogP) is 6.70. The topological polar surface area (TPSA) is 25.2 Å². The molecule has 0 N–H and O–H groups in total. The summed E-state index contributed by atoms with van der Waals surface area (Å²) >= 11 is 6.98. The van der Waals surface area contributed by atoms with Gasteiger partial charge in [0.2, 0.25) is 0 Å². The molecule has 4 aromatic rings. The number of hydrogen-bond acceptors (Lipinski definition) is 3. The number of amides is 1. The Morgan fingerprint density at radius 1 is 0.912 bits per heavy atom. The number of rotatable bonds is 7. The van der Waals surface area contributed by atoms with Gasteiger partial charge in [-0.15, -0.1) is 0 Å². The van der Waals surface area contributed by atoms with E-state index in [1.807, 2.05) is 30.3 Å². The van der Waals surface area contributed by atoms with Crippen LogP contribution >= 0.6 is 24.0 Å². The Hall–Kier alpha value is -3.15. The molecule has 0 radical (unpaired) electrons. The lowest BCUT2D eigenvalue weighted by Crippen LogP contribution is -2.30. The highest BCUT2D eigenvalue weighted by molar-refractivity contribution is 8.26. The SMILES string of the molecule is CCc1cccc2c(/C=C3\SC(=S)N(CCc4ccccc4)C3=O)cn(Cc3ccccc3)c12. The summed E-state index contributed by atoms with van der Waals surface area (Å²) in [7, 11) is 0. The first-order chi connectivity index (χ1) is 16.6. The maximum Gasteiger partial charge on any atom is 0.266 e. The predicted molar refractivity (Wildman–Crippen MR) is 147 cm³/mol. The Morgan fingerprint density at radius 2 is 1.62 bits per heavy atom. The number of para-hydroxylation sites is 1. The van der Waals surface area contributed by atoms with Crippen LogP contribution in [0.1, 0.15) is 29.2 Å². The van der Waals surface area contributed by atoms with E-state index in [2.05, 4.69) is 72.3 Å². The van der Waals surface area contributed by atoms with Gasteiger partial charge >= 0.3 is 0 Å². The van der Waals surface area contributed by atoms with E-state index >= 15 is 0 Å². The van der Waals surface area contributed by atoms with E-state index in [0.717, 1.165) is 24.9 Å². The highest BCUT2D eigenvalue weighted by Gasteiger charge is 2.32. The maximum absolute atomic E-state index is 13.2. The number of aromatic nitrogens is 1. The standard InChI is InChI=1S/C29H26N2OS2/c1-2-23-14-9-15-25-24(20-30(27(23)25)19-22-12-7-4-8-13-22)18-26-28(32)31(29(33)34-26)17-16-21-10-5-3-6-11-21/h3-15,18,20H,2,16-17,19H2,1H3/b26-18-. The Kier molecular flexibility index (Phi) is 6.66. The van der Waals surface area contributed by atoms with Crippen molar-refractivity contribution in [3.05, 3.63) is 112 Å². The molecule has 34 heavy (non-hydrogen) atoms. The molecule has 1 aromatic heterocycles. The summed E-state index contributed by atoms with van der Waals surface area (Å²) in [6, 6.07) is 27.2. The van der Waals surface area contributed by atoms with Crippen molar-refractivity contribution in [2.75, 3.05) is 6.54 Å². The van der Waals surface area contributed by atoms with E-state index in [-0.39, 0.29) is 5.91 Å². The van der Waals surface area contributed by atoms with E-state index in [0.29, 0.717) is 15.8 Å². The van der Waals surface area contributed by atoms with Crippen LogP contribution < -0.4 is 0 Å². The van der Waals surface area contributed by atoms with Gasteiger partial charge in [0.15, 0.2) is 0 Å². The van der Waals surface area contributed by atoms with E-state index in [1.54, 1.807) is 4.90 Å². The van der Waals surface area contributed by atoms with Crippen molar-refractivity contribution in [1.29, 1.82) is 0 Å². The molecule has 5 heteroatoms. The van der Waals surface area contributed by atoms with E-state index in [4.69, 9.17) is 12.2 Å². The van der Waals surface area contributed by atoms with E-state index in [9.17, 15) is 4.79 Å². The third-order valence-corrected chi connectivity index (χ3v) is 7.59. The van der Waals surface area contributed by atoms with Crippen molar-refractivity contribution >= 4 is 51.2 Å². The molecule has 3 aromatic carbocycles. The number of thioether (sulfide) groups is 1. The van der Waals surface area contributed by atoms with E-state index in [1.165, 1.54) is 39.4 Å². The number of carbonyl (C=O) groups is 1. The van der Waals surface area contributed by atoms with Crippen LogP contribution in [-0.2, 0) is 24.2 Å². The van der Waals surface area contributed by atoms with Crippen LogP contribution in [0, 0.1) is 0 Å². The summed E-state index contributed by atoms with van der Waals surface area (Å²) in [4.78, 5) is 15.7. The Labute approximate surface area is 210 Å². The molecule has 1 aliphatic rings. The van der Waals surface area contributed by atoms with Gasteiger partial charge in [-0.3, -0.25) is 9.69 Å². The number of aryl methyl sites for hydroxylation is 1. The van der Waals surface area contributed by atoms with Crippen molar-refractivity contribution in [2.45, 2.75) is 26.3 Å². The number of fused-ring (bicyclic) bond motifs is 1. The molecule has 1 fully saturated rings. The fraction of sp³-hybridized carbons (Fsp3) is 0.172. The van der Waals surface area contributed by atoms with Gasteiger partial charge in [0.25, 0.3) is 5.91 Å². The fourth-order valence-corrected chi connectivity index (χ4v) is 5.79. The van der Waals surface area contributed by atoms with Crippen molar-refractivity contribution in [3.63, 3.8) is 0 Å². The third kappa shape index (κ3) is 4.59. The molecule has 1 saturated heterocycles. The molecule has 0 spiro atoms. The van der Waals surface area contributed by atoms with E-state index < -0.39 is 0 Å². The normalized spacial score (nSPS) is 15.1. The van der Waals surface area contributed by atoms with Gasteiger partial charge < -0.3 is 4.57 Å². The second-order valence-electron chi connectivity index (χ2n) is 8.43. The summed E-state index contributed by atoms with van der Waals surface area (Å²) in [6.07, 6.45) is 5.94. The average Bonchev–Trinajstić information content (AvgIpc) is 3.35. The Morgan fingerprint density at radius 3 is 2.32 bits per heavy atom. The Balaban J connectivity index is 1.46. The minimum atomic E-state index is 0.00142. The van der Waals surface area contributed by atoms with Crippen molar-refractivity contribution < 1.29 is 4.79 Å². The van der Waals surface area contributed by atoms with Crippen LogP contribution in [0.3, 0.4) is 0 Å². The Bertz CT molecular complexity index is 1370. The third-order valence-electron chi connectivity index (χ3n) is 6.22. The van der Waals surface area contributed by atoms with Crippen LogP contribution in [0.25, 0.3) is 17.0 Å². The molecule has 1 aliphatic heterocycles. The van der Waals surface area contributed by atoms with Gasteiger partial charge in [0.05, 0.1) is 10.4 Å². The fourth-order valence-electron chi connectivity index (χ4n) is 4.49. The van der Waals surface area contributed by atoms with Crippen LogP contribution in [0.4, 0.5) is 0 Å². The zero-order chi connectivity index (χ0) is 23.5. The molecule has 2 heterocycles. The van der Waals surface area contributed by atoms with Gasteiger partial charge in [-0.2, -0.15) is 0 Å². The van der Waals surface area contributed by atoms with Gasteiger partial charge in [0, 0.05) is 30.2 Å². The largest absolute Gasteiger partial charge is 0.342 e. The minimum Gasteiger partial charge on any atom is -0.342 e. The van der Waals surface area contributed by atoms with Gasteiger partial charge in [0.1, 0.15) is 4.32 Å². The lowest BCUT2D eigenvalue weighted by Gasteiger charge is -2.14. The molecule has 0 saturated carbocycles. The summed E-state index contributed by atoms with van der Waals surface area (Å²) < 4.78 is 2.94. The zero-order valence-corrected chi connectivity index (χ0v) is 20.7.